The normalized spacial score (nSPS) is 19.5. The largest absolute Gasteiger partial charge is 0.354 e. The number of piperazine rings is 1. The molecule has 88 valence electrons. The standard InChI is InChI=1S/C10H14BrN3OS/c11-9-2-1-8(16-9)7(5-12)14-4-3-13-10(15)6-14/h1-2,7H,3-6,12H2,(H,13,15). The first-order chi connectivity index (χ1) is 7.70. The van der Waals surface area contributed by atoms with Gasteiger partial charge in [-0.05, 0) is 28.1 Å². The fourth-order valence-electron chi connectivity index (χ4n) is 1.88. The maximum atomic E-state index is 11.3. The van der Waals surface area contributed by atoms with E-state index in [1.807, 2.05) is 6.07 Å². The van der Waals surface area contributed by atoms with Crippen molar-refractivity contribution in [1.82, 2.24) is 10.2 Å². The van der Waals surface area contributed by atoms with Crippen LogP contribution in [0.1, 0.15) is 10.9 Å². The highest BCUT2D eigenvalue weighted by atomic mass is 79.9. The Morgan fingerprint density at radius 3 is 3.00 bits per heavy atom. The number of nitrogens with zero attached hydrogens (tertiary/aromatic N) is 1. The van der Waals surface area contributed by atoms with Gasteiger partial charge in [-0.2, -0.15) is 0 Å². The molecule has 0 spiro atoms. The molecule has 0 aromatic carbocycles. The number of halogens is 1. The van der Waals surface area contributed by atoms with E-state index in [2.05, 4.69) is 32.2 Å². The lowest BCUT2D eigenvalue weighted by Crippen LogP contribution is -2.50. The van der Waals surface area contributed by atoms with Crippen LogP contribution in [0.25, 0.3) is 0 Å². The molecule has 0 radical (unpaired) electrons. The zero-order chi connectivity index (χ0) is 11.5. The predicted molar refractivity (Wildman–Crippen MR) is 68.4 cm³/mol. The number of thiophene rings is 1. The summed E-state index contributed by atoms with van der Waals surface area (Å²) in [5.74, 6) is 0.0836. The van der Waals surface area contributed by atoms with Crippen LogP contribution in [0.15, 0.2) is 15.9 Å². The van der Waals surface area contributed by atoms with E-state index in [0.29, 0.717) is 19.6 Å². The van der Waals surface area contributed by atoms with E-state index in [9.17, 15) is 4.79 Å². The fraction of sp³-hybridized carbons (Fsp3) is 0.500. The summed E-state index contributed by atoms with van der Waals surface area (Å²) in [5.41, 5.74) is 5.81. The van der Waals surface area contributed by atoms with Gasteiger partial charge in [0.05, 0.1) is 16.4 Å². The fourth-order valence-corrected chi connectivity index (χ4v) is 3.45. The monoisotopic (exact) mass is 303 g/mol. The van der Waals surface area contributed by atoms with Crippen LogP contribution in [0.2, 0.25) is 0 Å². The molecular weight excluding hydrogens is 290 g/mol. The molecule has 1 fully saturated rings. The van der Waals surface area contributed by atoms with Crippen molar-refractivity contribution < 1.29 is 4.79 Å². The van der Waals surface area contributed by atoms with E-state index in [1.54, 1.807) is 11.3 Å². The van der Waals surface area contributed by atoms with Gasteiger partial charge in [0.15, 0.2) is 0 Å². The molecule has 16 heavy (non-hydrogen) atoms. The molecule has 1 unspecified atom stereocenters. The van der Waals surface area contributed by atoms with Gasteiger partial charge in [0.1, 0.15) is 0 Å². The SMILES string of the molecule is NCC(c1ccc(Br)s1)N1CCNC(=O)C1. The van der Waals surface area contributed by atoms with Gasteiger partial charge >= 0.3 is 0 Å². The molecule has 1 aliphatic heterocycles. The third-order valence-corrected chi connectivity index (χ3v) is 4.38. The highest BCUT2D eigenvalue weighted by Crippen LogP contribution is 2.30. The summed E-state index contributed by atoms with van der Waals surface area (Å²) in [6.07, 6.45) is 0. The third-order valence-electron chi connectivity index (χ3n) is 2.65. The second-order valence-corrected chi connectivity index (χ2v) is 6.21. The number of hydrogen-bond donors (Lipinski definition) is 2. The van der Waals surface area contributed by atoms with E-state index in [0.717, 1.165) is 10.3 Å². The quantitative estimate of drug-likeness (QED) is 0.874. The Balaban J connectivity index is 2.12. The molecule has 0 bridgehead atoms. The van der Waals surface area contributed by atoms with Gasteiger partial charge in [-0.15, -0.1) is 11.3 Å². The molecule has 1 amide bonds. The summed E-state index contributed by atoms with van der Waals surface area (Å²) in [4.78, 5) is 14.7. The molecular formula is C10H14BrN3OS. The van der Waals surface area contributed by atoms with Gasteiger partial charge in [-0.3, -0.25) is 9.69 Å². The first-order valence-electron chi connectivity index (χ1n) is 5.16. The molecule has 2 rings (SSSR count). The van der Waals surface area contributed by atoms with Crippen molar-refractivity contribution >= 4 is 33.2 Å². The van der Waals surface area contributed by atoms with E-state index < -0.39 is 0 Å². The molecule has 0 aliphatic carbocycles. The molecule has 1 atom stereocenters. The van der Waals surface area contributed by atoms with Crippen LogP contribution in [-0.4, -0.2) is 37.0 Å². The number of hydrogen-bond acceptors (Lipinski definition) is 4. The Bertz CT molecular complexity index is 382. The summed E-state index contributed by atoms with van der Waals surface area (Å²) in [5, 5.41) is 2.82. The molecule has 0 saturated carbocycles. The average Bonchev–Trinajstić information content (AvgIpc) is 2.66. The maximum Gasteiger partial charge on any atom is 0.234 e. The molecule has 1 aromatic heterocycles. The summed E-state index contributed by atoms with van der Waals surface area (Å²) in [7, 11) is 0. The first kappa shape index (κ1) is 12.0. The molecule has 6 heteroatoms. The van der Waals surface area contributed by atoms with Crippen molar-refractivity contribution in [2.75, 3.05) is 26.2 Å². The van der Waals surface area contributed by atoms with Crippen LogP contribution in [-0.2, 0) is 4.79 Å². The number of rotatable bonds is 3. The summed E-state index contributed by atoms with van der Waals surface area (Å²) in [6.45, 7) is 2.56. The van der Waals surface area contributed by atoms with Crippen LogP contribution in [0.5, 0.6) is 0 Å². The minimum Gasteiger partial charge on any atom is -0.354 e. The lowest BCUT2D eigenvalue weighted by atomic mass is 10.2. The second kappa shape index (κ2) is 5.27. The number of nitrogens with two attached hydrogens (primary N) is 1. The Morgan fingerprint density at radius 2 is 2.44 bits per heavy atom. The Labute approximate surface area is 107 Å². The van der Waals surface area contributed by atoms with E-state index in [1.165, 1.54) is 4.88 Å². The van der Waals surface area contributed by atoms with Crippen LogP contribution >= 0.6 is 27.3 Å². The van der Waals surface area contributed by atoms with Gasteiger partial charge in [-0.1, -0.05) is 0 Å². The lowest BCUT2D eigenvalue weighted by Gasteiger charge is -2.32. The van der Waals surface area contributed by atoms with E-state index >= 15 is 0 Å². The van der Waals surface area contributed by atoms with Crippen molar-refractivity contribution in [3.8, 4) is 0 Å². The van der Waals surface area contributed by atoms with Crippen LogP contribution < -0.4 is 11.1 Å². The smallest absolute Gasteiger partial charge is 0.234 e. The molecule has 2 heterocycles. The molecule has 4 nitrogen and oxygen atoms in total. The Hall–Kier alpha value is -0.430. The van der Waals surface area contributed by atoms with Crippen molar-refractivity contribution in [1.29, 1.82) is 0 Å². The second-order valence-electron chi connectivity index (χ2n) is 3.71. The number of carbonyl (C=O) groups is 1. The molecule has 1 aromatic rings. The zero-order valence-electron chi connectivity index (χ0n) is 8.78. The number of nitrogens with one attached hydrogen (secondary N) is 1. The topological polar surface area (TPSA) is 58.4 Å². The van der Waals surface area contributed by atoms with Gasteiger partial charge < -0.3 is 11.1 Å². The summed E-state index contributed by atoms with van der Waals surface area (Å²) < 4.78 is 1.10. The van der Waals surface area contributed by atoms with Crippen molar-refractivity contribution in [2.45, 2.75) is 6.04 Å². The van der Waals surface area contributed by atoms with E-state index in [-0.39, 0.29) is 11.9 Å². The van der Waals surface area contributed by atoms with Gasteiger partial charge in [0.2, 0.25) is 5.91 Å². The van der Waals surface area contributed by atoms with Gasteiger partial charge in [-0.25, -0.2) is 0 Å². The average molecular weight is 304 g/mol. The van der Waals surface area contributed by atoms with Crippen molar-refractivity contribution in [3.63, 3.8) is 0 Å². The molecule has 1 aliphatic rings. The summed E-state index contributed by atoms with van der Waals surface area (Å²) >= 11 is 5.12. The van der Waals surface area contributed by atoms with Crippen molar-refractivity contribution in [2.24, 2.45) is 5.73 Å². The first-order valence-corrected chi connectivity index (χ1v) is 6.77. The maximum absolute atomic E-state index is 11.3. The number of carbonyl (C=O) groups excluding carboxylic acids is 1. The van der Waals surface area contributed by atoms with Crippen LogP contribution in [0, 0.1) is 0 Å². The van der Waals surface area contributed by atoms with Crippen LogP contribution in [0.4, 0.5) is 0 Å². The molecule has 3 N–H and O–H groups in total. The third kappa shape index (κ3) is 2.63. The van der Waals surface area contributed by atoms with Gasteiger partial charge in [0, 0.05) is 24.5 Å². The molecule has 1 saturated heterocycles. The minimum atomic E-state index is 0.0836. The Kier molecular flexibility index (Phi) is 3.96. The van der Waals surface area contributed by atoms with E-state index in [4.69, 9.17) is 5.73 Å². The summed E-state index contributed by atoms with van der Waals surface area (Å²) in [6, 6.07) is 4.24. The minimum absolute atomic E-state index is 0.0836. The van der Waals surface area contributed by atoms with Crippen LogP contribution in [0.3, 0.4) is 0 Å². The number of amides is 1. The van der Waals surface area contributed by atoms with Gasteiger partial charge in [0.25, 0.3) is 0 Å². The lowest BCUT2D eigenvalue weighted by molar-refractivity contribution is -0.124. The van der Waals surface area contributed by atoms with Crippen molar-refractivity contribution in [3.05, 3.63) is 20.8 Å². The highest BCUT2D eigenvalue weighted by molar-refractivity contribution is 9.11. The Morgan fingerprint density at radius 1 is 1.62 bits per heavy atom. The highest BCUT2D eigenvalue weighted by Gasteiger charge is 2.25. The predicted octanol–water partition coefficient (Wildman–Crippen LogP) is 0.942. The zero-order valence-corrected chi connectivity index (χ0v) is 11.2.